The third-order valence-electron chi connectivity index (χ3n) is 2.44. The van der Waals surface area contributed by atoms with Gasteiger partial charge in [0.1, 0.15) is 0 Å². The summed E-state index contributed by atoms with van der Waals surface area (Å²) in [7, 11) is 0. The van der Waals surface area contributed by atoms with Gasteiger partial charge in [-0.1, -0.05) is 6.92 Å². The highest BCUT2D eigenvalue weighted by Gasteiger charge is 2.06. The number of hydrogen-bond acceptors (Lipinski definition) is 5. The van der Waals surface area contributed by atoms with Crippen LogP contribution in [0.1, 0.15) is 28.2 Å². The van der Waals surface area contributed by atoms with Crippen LogP contribution in [0.15, 0.2) is 12.3 Å². The van der Waals surface area contributed by atoms with E-state index in [9.17, 15) is 0 Å². The Bertz CT molecular complexity index is 507. The van der Waals surface area contributed by atoms with Crippen molar-refractivity contribution in [2.75, 3.05) is 5.32 Å². The minimum Gasteiger partial charge on any atom is -0.349 e. The first-order valence-electron chi connectivity index (χ1n) is 5.67. The third-order valence-corrected chi connectivity index (χ3v) is 3.74. The summed E-state index contributed by atoms with van der Waals surface area (Å²) in [6.45, 7) is 6.87. The van der Waals surface area contributed by atoms with Crippen LogP contribution < -0.4 is 5.32 Å². The standard InChI is InChI=1S/C12H16N4S/c1-4-11-16-9(3)10(17-11)7-14-12-13-6-5-8(2)15-12/h5-6H,4,7H2,1-3H3,(H,13,14,15). The molecule has 0 radical (unpaired) electrons. The zero-order valence-corrected chi connectivity index (χ0v) is 11.1. The fraction of sp³-hybridized carbons (Fsp3) is 0.417. The zero-order valence-electron chi connectivity index (χ0n) is 10.3. The van der Waals surface area contributed by atoms with Gasteiger partial charge in [0.25, 0.3) is 0 Å². The van der Waals surface area contributed by atoms with Crippen molar-refractivity contribution in [3.05, 3.63) is 33.5 Å². The van der Waals surface area contributed by atoms with Crippen molar-refractivity contribution in [1.29, 1.82) is 0 Å². The van der Waals surface area contributed by atoms with Crippen LogP contribution in [-0.2, 0) is 13.0 Å². The number of thiazole rings is 1. The normalized spacial score (nSPS) is 10.5. The summed E-state index contributed by atoms with van der Waals surface area (Å²) in [5, 5.41) is 4.41. The quantitative estimate of drug-likeness (QED) is 0.904. The van der Waals surface area contributed by atoms with E-state index in [4.69, 9.17) is 0 Å². The molecule has 0 amide bonds. The minimum absolute atomic E-state index is 0.677. The molecule has 0 atom stereocenters. The Kier molecular flexibility index (Phi) is 3.68. The minimum atomic E-state index is 0.677. The SMILES string of the molecule is CCc1nc(C)c(CNc2nccc(C)n2)s1. The summed E-state index contributed by atoms with van der Waals surface area (Å²) in [6, 6.07) is 1.89. The van der Waals surface area contributed by atoms with Gasteiger partial charge >= 0.3 is 0 Å². The number of hydrogen-bond donors (Lipinski definition) is 1. The van der Waals surface area contributed by atoms with E-state index in [2.05, 4.69) is 27.2 Å². The van der Waals surface area contributed by atoms with Crippen molar-refractivity contribution in [3.63, 3.8) is 0 Å². The molecule has 0 bridgehead atoms. The van der Waals surface area contributed by atoms with Gasteiger partial charge in [-0.2, -0.15) is 0 Å². The van der Waals surface area contributed by atoms with Crippen LogP contribution in [0.5, 0.6) is 0 Å². The Morgan fingerprint density at radius 1 is 1.29 bits per heavy atom. The summed E-state index contributed by atoms with van der Waals surface area (Å²) in [5.41, 5.74) is 2.07. The Hall–Kier alpha value is -1.49. The number of aromatic nitrogens is 3. The van der Waals surface area contributed by atoms with E-state index in [1.807, 2.05) is 19.9 Å². The second-order valence-electron chi connectivity index (χ2n) is 3.84. The van der Waals surface area contributed by atoms with E-state index < -0.39 is 0 Å². The summed E-state index contributed by atoms with van der Waals surface area (Å²) >= 11 is 1.75. The number of anilines is 1. The first kappa shape index (κ1) is 12.0. The van der Waals surface area contributed by atoms with Crippen molar-refractivity contribution < 1.29 is 0 Å². The molecule has 0 saturated carbocycles. The van der Waals surface area contributed by atoms with Crippen LogP contribution in [0.25, 0.3) is 0 Å². The third kappa shape index (κ3) is 3.00. The molecule has 0 aliphatic heterocycles. The molecule has 4 nitrogen and oxygen atoms in total. The molecule has 0 spiro atoms. The van der Waals surface area contributed by atoms with Crippen molar-refractivity contribution in [3.8, 4) is 0 Å². The molecular formula is C12H16N4S. The predicted octanol–water partition coefficient (Wildman–Crippen LogP) is 2.72. The Morgan fingerprint density at radius 3 is 2.76 bits per heavy atom. The average molecular weight is 248 g/mol. The monoisotopic (exact) mass is 248 g/mol. The highest BCUT2D eigenvalue weighted by Crippen LogP contribution is 2.19. The van der Waals surface area contributed by atoms with Crippen LogP contribution in [0.4, 0.5) is 5.95 Å². The average Bonchev–Trinajstić information content (AvgIpc) is 2.68. The summed E-state index contributed by atoms with van der Waals surface area (Å²) in [6.07, 6.45) is 2.76. The Morgan fingerprint density at radius 2 is 2.12 bits per heavy atom. The lowest BCUT2D eigenvalue weighted by Crippen LogP contribution is -2.03. The molecule has 0 aliphatic rings. The largest absolute Gasteiger partial charge is 0.349 e. The first-order chi connectivity index (χ1) is 8.19. The van der Waals surface area contributed by atoms with E-state index in [-0.39, 0.29) is 0 Å². The second-order valence-corrected chi connectivity index (χ2v) is 5.01. The zero-order chi connectivity index (χ0) is 12.3. The lowest BCUT2D eigenvalue weighted by atomic mass is 10.4. The van der Waals surface area contributed by atoms with Crippen LogP contribution in [-0.4, -0.2) is 15.0 Å². The van der Waals surface area contributed by atoms with E-state index >= 15 is 0 Å². The van der Waals surface area contributed by atoms with Gasteiger partial charge in [0.15, 0.2) is 0 Å². The second kappa shape index (κ2) is 5.23. The molecule has 0 unspecified atom stereocenters. The van der Waals surface area contributed by atoms with Crippen molar-refractivity contribution in [2.24, 2.45) is 0 Å². The maximum absolute atomic E-state index is 4.50. The molecule has 0 aliphatic carbocycles. The Labute approximate surface area is 105 Å². The van der Waals surface area contributed by atoms with Crippen molar-refractivity contribution in [1.82, 2.24) is 15.0 Å². The molecule has 17 heavy (non-hydrogen) atoms. The molecule has 0 aromatic carbocycles. The van der Waals surface area contributed by atoms with Gasteiger partial charge in [-0.05, 0) is 26.3 Å². The molecular weight excluding hydrogens is 232 g/mol. The fourth-order valence-electron chi connectivity index (χ4n) is 1.50. The van der Waals surface area contributed by atoms with Gasteiger partial charge in [-0.25, -0.2) is 15.0 Å². The lowest BCUT2D eigenvalue weighted by Gasteiger charge is -2.03. The van der Waals surface area contributed by atoms with E-state index in [1.54, 1.807) is 17.5 Å². The molecule has 90 valence electrons. The van der Waals surface area contributed by atoms with E-state index in [1.165, 1.54) is 9.88 Å². The van der Waals surface area contributed by atoms with Gasteiger partial charge < -0.3 is 5.32 Å². The summed E-state index contributed by atoms with van der Waals surface area (Å²) < 4.78 is 0. The van der Waals surface area contributed by atoms with Gasteiger partial charge in [0, 0.05) is 16.8 Å². The molecule has 1 N–H and O–H groups in total. The van der Waals surface area contributed by atoms with Crippen molar-refractivity contribution >= 4 is 17.3 Å². The summed E-state index contributed by atoms with van der Waals surface area (Å²) in [5.74, 6) is 0.677. The van der Waals surface area contributed by atoms with Gasteiger partial charge in [-0.3, -0.25) is 0 Å². The van der Waals surface area contributed by atoms with E-state index in [0.29, 0.717) is 5.95 Å². The first-order valence-corrected chi connectivity index (χ1v) is 6.49. The number of nitrogens with one attached hydrogen (secondary N) is 1. The highest BCUT2D eigenvalue weighted by atomic mass is 32.1. The topological polar surface area (TPSA) is 50.7 Å². The van der Waals surface area contributed by atoms with Crippen LogP contribution >= 0.6 is 11.3 Å². The highest BCUT2D eigenvalue weighted by molar-refractivity contribution is 7.11. The van der Waals surface area contributed by atoms with Gasteiger partial charge in [0.2, 0.25) is 5.95 Å². The molecule has 2 aromatic heterocycles. The van der Waals surface area contributed by atoms with Gasteiger partial charge in [0.05, 0.1) is 17.2 Å². The van der Waals surface area contributed by atoms with Crippen molar-refractivity contribution in [2.45, 2.75) is 33.7 Å². The lowest BCUT2D eigenvalue weighted by molar-refractivity contribution is 1.02. The molecule has 2 rings (SSSR count). The van der Waals surface area contributed by atoms with Crippen LogP contribution in [0, 0.1) is 13.8 Å². The molecule has 0 fully saturated rings. The fourth-order valence-corrected chi connectivity index (χ4v) is 2.45. The van der Waals surface area contributed by atoms with Crippen LogP contribution in [0.3, 0.4) is 0 Å². The molecule has 5 heteroatoms. The number of aryl methyl sites for hydroxylation is 3. The summed E-state index contributed by atoms with van der Waals surface area (Å²) in [4.78, 5) is 14.2. The predicted molar refractivity (Wildman–Crippen MR) is 70.3 cm³/mol. The maximum atomic E-state index is 4.50. The number of nitrogens with zero attached hydrogens (tertiary/aromatic N) is 3. The molecule has 2 heterocycles. The van der Waals surface area contributed by atoms with E-state index in [0.717, 1.165) is 24.4 Å². The maximum Gasteiger partial charge on any atom is 0.223 e. The van der Waals surface area contributed by atoms with Crippen LogP contribution in [0.2, 0.25) is 0 Å². The molecule has 0 saturated heterocycles. The Balaban J connectivity index is 2.04. The van der Waals surface area contributed by atoms with Gasteiger partial charge in [-0.15, -0.1) is 11.3 Å². The molecule has 2 aromatic rings. The smallest absolute Gasteiger partial charge is 0.223 e. The number of rotatable bonds is 4.